The SMILES string of the molecule is Cc1nc(NC(=O)c2cc(Cl)c(N)c([N+](=O)[O-])c2)sc1C. The van der Waals surface area contributed by atoms with Crippen LogP contribution in [0.5, 0.6) is 0 Å². The van der Waals surface area contributed by atoms with E-state index in [4.69, 9.17) is 17.3 Å². The molecule has 0 atom stereocenters. The Morgan fingerprint density at radius 2 is 2.14 bits per heavy atom. The van der Waals surface area contributed by atoms with E-state index in [9.17, 15) is 14.9 Å². The molecule has 2 aromatic rings. The Hall–Kier alpha value is -2.19. The average Bonchev–Trinajstić information content (AvgIpc) is 2.70. The molecule has 1 heterocycles. The van der Waals surface area contributed by atoms with Crippen molar-refractivity contribution in [3.63, 3.8) is 0 Å². The van der Waals surface area contributed by atoms with E-state index in [1.807, 2.05) is 13.8 Å². The molecule has 0 unspecified atom stereocenters. The van der Waals surface area contributed by atoms with Crippen LogP contribution in [0.25, 0.3) is 0 Å². The molecule has 0 spiro atoms. The summed E-state index contributed by atoms with van der Waals surface area (Å²) in [7, 11) is 0. The number of aryl methyl sites for hydroxylation is 2. The third kappa shape index (κ3) is 3.11. The predicted molar refractivity (Wildman–Crippen MR) is 82.1 cm³/mol. The fourth-order valence-corrected chi connectivity index (χ4v) is 2.61. The van der Waals surface area contributed by atoms with Crippen LogP contribution in [-0.4, -0.2) is 15.8 Å². The van der Waals surface area contributed by atoms with Gasteiger partial charge in [-0.15, -0.1) is 11.3 Å². The van der Waals surface area contributed by atoms with Crippen LogP contribution in [0, 0.1) is 24.0 Å². The molecule has 7 nitrogen and oxygen atoms in total. The molecule has 1 amide bonds. The van der Waals surface area contributed by atoms with Gasteiger partial charge in [0.15, 0.2) is 5.13 Å². The number of amides is 1. The van der Waals surface area contributed by atoms with Crippen LogP contribution in [-0.2, 0) is 0 Å². The average molecular weight is 327 g/mol. The van der Waals surface area contributed by atoms with Crippen LogP contribution in [0.2, 0.25) is 5.02 Å². The Morgan fingerprint density at radius 1 is 1.48 bits per heavy atom. The molecule has 2 rings (SSSR count). The van der Waals surface area contributed by atoms with Crippen molar-refractivity contribution < 1.29 is 9.72 Å². The Balaban J connectivity index is 2.33. The molecule has 0 saturated carbocycles. The maximum atomic E-state index is 12.1. The first-order chi connectivity index (χ1) is 9.79. The zero-order valence-electron chi connectivity index (χ0n) is 11.1. The van der Waals surface area contributed by atoms with E-state index in [0.29, 0.717) is 5.13 Å². The number of anilines is 2. The van der Waals surface area contributed by atoms with Gasteiger partial charge >= 0.3 is 0 Å². The van der Waals surface area contributed by atoms with Crippen molar-refractivity contribution in [3.8, 4) is 0 Å². The number of nitrogens with two attached hydrogens (primary N) is 1. The minimum atomic E-state index is -0.685. The molecule has 9 heteroatoms. The zero-order chi connectivity index (χ0) is 15.7. The van der Waals surface area contributed by atoms with Gasteiger partial charge in [-0.05, 0) is 19.9 Å². The summed E-state index contributed by atoms with van der Waals surface area (Å²) in [6, 6.07) is 2.37. The molecule has 0 bridgehead atoms. The van der Waals surface area contributed by atoms with Gasteiger partial charge in [0.2, 0.25) is 0 Å². The first kappa shape index (κ1) is 15.2. The van der Waals surface area contributed by atoms with Crippen molar-refractivity contribution in [2.24, 2.45) is 0 Å². The second kappa shape index (κ2) is 5.66. The highest BCUT2D eigenvalue weighted by Crippen LogP contribution is 2.31. The molecule has 3 N–H and O–H groups in total. The Morgan fingerprint density at radius 3 is 2.67 bits per heavy atom. The molecule has 0 fully saturated rings. The van der Waals surface area contributed by atoms with Gasteiger partial charge in [0.1, 0.15) is 5.69 Å². The second-order valence-electron chi connectivity index (χ2n) is 4.26. The minimum Gasteiger partial charge on any atom is -0.392 e. The predicted octanol–water partition coefficient (Wildman–Crippen LogP) is 3.16. The van der Waals surface area contributed by atoms with Crippen molar-refractivity contribution in [2.75, 3.05) is 11.1 Å². The number of carbonyl (C=O) groups excluding carboxylic acids is 1. The monoisotopic (exact) mass is 326 g/mol. The largest absolute Gasteiger partial charge is 0.392 e. The van der Waals surface area contributed by atoms with Crippen LogP contribution in [0.15, 0.2) is 12.1 Å². The number of carbonyl (C=O) groups is 1. The third-order valence-electron chi connectivity index (χ3n) is 2.82. The van der Waals surface area contributed by atoms with E-state index in [0.717, 1.165) is 16.6 Å². The number of hydrogen-bond donors (Lipinski definition) is 2. The lowest BCUT2D eigenvalue weighted by Gasteiger charge is -2.05. The van der Waals surface area contributed by atoms with Crippen molar-refractivity contribution >= 4 is 45.4 Å². The molecule has 110 valence electrons. The lowest BCUT2D eigenvalue weighted by molar-refractivity contribution is -0.383. The van der Waals surface area contributed by atoms with Crippen LogP contribution >= 0.6 is 22.9 Å². The van der Waals surface area contributed by atoms with Gasteiger partial charge in [0.25, 0.3) is 11.6 Å². The Bertz CT molecular complexity index is 725. The van der Waals surface area contributed by atoms with Crippen molar-refractivity contribution in [2.45, 2.75) is 13.8 Å². The molecule has 0 aliphatic rings. The maximum absolute atomic E-state index is 12.1. The lowest BCUT2D eigenvalue weighted by Crippen LogP contribution is -2.12. The van der Waals surface area contributed by atoms with Crippen molar-refractivity contribution in [3.05, 3.63) is 43.4 Å². The van der Waals surface area contributed by atoms with E-state index < -0.39 is 16.5 Å². The molecule has 0 saturated heterocycles. The number of halogens is 1. The van der Waals surface area contributed by atoms with E-state index in [2.05, 4.69) is 10.3 Å². The van der Waals surface area contributed by atoms with Crippen LogP contribution in [0.4, 0.5) is 16.5 Å². The van der Waals surface area contributed by atoms with Gasteiger partial charge in [-0.25, -0.2) is 4.98 Å². The Labute approximate surface area is 128 Å². The van der Waals surface area contributed by atoms with Gasteiger partial charge in [-0.2, -0.15) is 0 Å². The number of thiazole rings is 1. The summed E-state index contributed by atoms with van der Waals surface area (Å²) in [5, 5.41) is 13.8. The molecule has 1 aromatic carbocycles. The van der Waals surface area contributed by atoms with Crippen molar-refractivity contribution in [1.82, 2.24) is 4.98 Å². The smallest absolute Gasteiger partial charge is 0.294 e. The highest BCUT2D eigenvalue weighted by atomic mass is 35.5. The van der Waals surface area contributed by atoms with Gasteiger partial charge in [-0.3, -0.25) is 20.2 Å². The number of nitrogens with zero attached hydrogens (tertiary/aromatic N) is 2. The van der Waals surface area contributed by atoms with E-state index >= 15 is 0 Å². The molecule has 21 heavy (non-hydrogen) atoms. The van der Waals surface area contributed by atoms with Crippen LogP contribution < -0.4 is 11.1 Å². The summed E-state index contributed by atoms with van der Waals surface area (Å²) in [6.07, 6.45) is 0. The summed E-state index contributed by atoms with van der Waals surface area (Å²) < 4.78 is 0. The number of rotatable bonds is 3. The highest BCUT2D eigenvalue weighted by Gasteiger charge is 2.20. The summed E-state index contributed by atoms with van der Waals surface area (Å²) in [6.45, 7) is 3.71. The maximum Gasteiger partial charge on any atom is 0.294 e. The lowest BCUT2D eigenvalue weighted by atomic mass is 10.1. The van der Waals surface area contributed by atoms with Crippen LogP contribution in [0.3, 0.4) is 0 Å². The summed E-state index contributed by atoms with van der Waals surface area (Å²) in [5.41, 5.74) is 5.81. The van der Waals surface area contributed by atoms with Gasteiger partial charge < -0.3 is 5.73 Å². The summed E-state index contributed by atoms with van der Waals surface area (Å²) in [4.78, 5) is 27.4. The summed E-state index contributed by atoms with van der Waals surface area (Å²) in [5.74, 6) is -0.534. The standard InChI is InChI=1S/C12H11ClN4O3S/c1-5-6(2)21-12(15-5)16-11(18)7-3-8(13)10(14)9(4-7)17(19)20/h3-4H,14H2,1-2H3,(H,15,16,18). The number of nitro benzene ring substituents is 1. The number of nitro groups is 1. The molecule has 1 aromatic heterocycles. The molecular formula is C12H11ClN4O3S. The number of nitrogens with one attached hydrogen (secondary N) is 1. The quantitative estimate of drug-likeness (QED) is 0.511. The van der Waals surface area contributed by atoms with Gasteiger partial charge in [0, 0.05) is 16.5 Å². The first-order valence-corrected chi connectivity index (χ1v) is 6.98. The molecule has 0 aliphatic carbocycles. The number of benzene rings is 1. The fourth-order valence-electron chi connectivity index (χ4n) is 1.58. The topological polar surface area (TPSA) is 111 Å². The number of hydrogen-bond acceptors (Lipinski definition) is 6. The zero-order valence-corrected chi connectivity index (χ0v) is 12.7. The molecule has 0 radical (unpaired) electrons. The normalized spacial score (nSPS) is 10.4. The first-order valence-electron chi connectivity index (χ1n) is 5.78. The molecule has 0 aliphatic heterocycles. The van der Waals surface area contributed by atoms with Gasteiger partial charge in [0.05, 0.1) is 15.6 Å². The van der Waals surface area contributed by atoms with E-state index in [1.165, 1.54) is 17.4 Å². The number of nitrogen functional groups attached to an aromatic ring is 1. The second-order valence-corrected chi connectivity index (χ2v) is 5.87. The van der Waals surface area contributed by atoms with E-state index in [-0.39, 0.29) is 16.3 Å². The van der Waals surface area contributed by atoms with Crippen LogP contribution in [0.1, 0.15) is 20.9 Å². The Kier molecular flexibility index (Phi) is 4.10. The minimum absolute atomic E-state index is 0.0409. The fraction of sp³-hybridized carbons (Fsp3) is 0.167. The highest BCUT2D eigenvalue weighted by molar-refractivity contribution is 7.15. The van der Waals surface area contributed by atoms with E-state index in [1.54, 1.807) is 0 Å². The third-order valence-corrected chi connectivity index (χ3v) is 4.12. The van der Waals surface area contributed by atoms with Gasteiger partial charge in [-0.1, -0.05) is 11.6 Å². The number of aromatic nitrogens is 1. The van der Waals surface area contributed by atoms with Crippen molar-refractivity contribution in [1.29, 1.82) is 0 Å². The molecular weight excluding hydrogens is 316 g/mol. The summed E-state index contributed by atoms with van der Waals surface area (Å²) >= 11 is 7.14.